The number of sulfonamides is 1. The van der Waals surface area contributed by atoms with Gasteiger partial charge in [0.25, 0.3) is 0 Å². The van der Waals surface area contributed by atoms with Gasteiger partial charge in [0.2, 0.25) is 21.8 Å². The van der Waals surface area contributed by atoms with Gasteiger partial charge in [-0.3, -0.25) is 13.9 Å². The highest BCUT2D eigenvalue weighted by molar-refractivity contribution is 7.92. The monoisotopic (exact) mass is 621 g/mol. The van der Waals surface area contributed by atoms with E-state index in [9.17, 15) is 18.0 Å². The zero-order valence-electron chi connectivity index (χ0n) is 26.0. The molecular weight excluding hydrogens is 578 g/mol. The summed E-state index contributed by atoms with van der Waals surface area (Å²) in [5.74, 6) is -0.0278. The summed E-state index contributed by atoms with van der Waals surface area (Å²) in [6.07, 6.45) is 6.37. The van der Waals surface area contributed by atoms with Gasteiger partial charge in [0.05, 0.1) is 26.2 Å². The van der Waals surface area contributed by atoms with Gasteiger partial charge in [-0.05, 0) is 43.0 Å². The van der Waals surface area contributed by atoms with Crippen molar-refractivity contribution in [3.05, 3.63) is 89.5 Å². The second-order valence-electron chi connectivity index (χ2n) is 11.4. The van der Waals surface area contributed by atoms with Crippen LogP contribution in [0.3, 0.4) is 0 Å². The Hall–Kier alpha value is -4.05. The maximum atomic E-state index is 14.4. The lowest BCUT2D eigenvalue weighted by Gasteiger charge is -2.35. The topological polar surface area (TPSA) is 105 Å². The number of anilines is 1. The predicted octanol–water partition coefficient (Wildman–Crippen LogP) is 4.87. The summed E-state index contributed by atoms with van der Waals surface area (Å²) in [6.45, 7) is 1.59. The number of hydrogen-bond acceptors (Lipinski definition) is 6. The van der Waals surface area contributed by atoms with E-state index in [1.54, 1.807) is 18.2 Å². The van der Waals surface area contributed by atoms with Crippen molar-refractivity contribution >= 4 is 27.5 Å². The fourth-order valence-electron chi connectivity index (χ4n) is 5.57. The van der Waals surface area contributed by atoms with Crippen molar-refractivity contribution in [2.24, 2.45) is 0 Å². The Morgan fingerprint density at radius 3 is 2.20 bits per heavy atom. The minimum Gasteiger partial charge on any atom is -0.497 e. The second kappa shape index (κ2) is 15.1. The van der Waals surface area contributed by atoms with Crippen LogP contribution in [0.5, 0.6) is 11.5 Å². The van der Waals surface area contributed by atoms with Gasteiger partial charge >= 0.3 is 0 Å². The second-order valence-corrected chi connectivity index (χ2v) is 13.3. The standard InChI is InChI=1S/C34H43N3O6S/c1-25-15-17-27(18-16-25)23-36(31(21-26-11-7-5-8-12-26)34(39)35-28-13-9-6-10-14-28)33(38)24-37(44(4,40)41)30-20-19-29(42-2)22-32(30)43-3/h5,7-8,11-12,15-20,22,28,31H,6,9-10,13-14,21,23-24H2,1-4H3,(H,35,39)/t31-/m1/s1. The lowest BCUT2D eigenvalue weighted by molar-refractivity contribution is -0.140. The van der Waals surface area contributed by atoms with E-state index >= 15 is 0 Å². The first kappa shape index (κ1) is 32.9. The number of ether oxygens (including phenoxy) is 2. The Morgan fingerprint density at radius 1 is 0.909 bits per heavy atom. The number of amides is 2. The van der Waals surface area contributed by atoms with Crippen molar-refractivity contribution in [3.63, 3.8) is 0 Å². The van der Waals surface area contributed by atoms with Gasteiger partial charge in [-0.2, -0.15) is 0 Å². The molecule has 3 aromatic rings. The first-order chi connectivity index (χ1) is 21.1. The first-order valence-corrected chi connectivity index (χ1v) is 16.8. The minimum absolute atomic E-state index is 0.0435. The van der Waals surface area contributed by atoms with Crippen molar-refractivity contribution in [2.75, 3.05) is 31.3 Å². The summed E-state index contributed by atoms with van der Waals surface area (Å²) in [5, 5.41) is 3.22. The molecule has 1 aliphatic carbocycles. The molecule has 0 saturated heterocycles. The Bertz CT molecular complexity index is 1510. The van der Waals surface area contributed by atoms with Crippen LogP contribution >= 0.6 is 0 Å². The molecule has 10 heteroatoms. The van der Waals surface area contributed by atoms with Gasteiger partial charge in [-0.15, -0.1) is 0 Å². The number of carbonyl (C=O) groups is 2. The van der Waals surface area contributed by atoms with Crippen molar-refractivity contribution in [1.29, 1.82) is 0 Å². The molecule has 0 aromatic heterocycles. The average Bonchev–Trinajstić information content (AvgIpc) is 3.02. The number of rotatable bonds is 13. The molecule has 44 heavy (non-hydrogen) atoms. The van der Waals surface area contributed by atoms with Crippen LogP contribution in [0.4, 0.5) is 5.69 Å². The fourth-order valence-corrected chi connectivity index (χ4v) is 6.43. The molecule has 0 spiro atoms. The summed E-state index contributed by atoms with van der Waals surface area (Å²) in [6, 6.07) is 21.2. The SMILES string of the molecule is COc1ccc(N(CC(=O)N(Cc2ccc(C)cc2)[C@H](Cc2ccccc2)C(=O)NC2CCCCC2)S(C)(=O)=O)c(OC)c1. The number of nitrogens with one attached hydrogen (secondary N) is 1. The molecule has 9 nitrogen and oxygen atoms in total. The van der Waals surface area contributed by atoms with E-state index in [1.165, 1.54) is 19.1 Å². The third-order valence-corrected chi connectivity index (χ3v) is 9.16. The summed E-state index contributed by atoms with van der Waals surface area (Å²) < 4.78 is 38.1. The predicted molar refractivity (Wildman–Crippen MR) is 172 cm³/mol. The Kier molecular flexibility index (Phi) is 11.3. The zero-order valence-corrected chi connectivity index (χ0v) is 26.8. The van der Waals surface area contributed by atoms with Gasteiger partial charge < -0.3 is 19.7 Å². The third kappa shape index (κ3) is 8.75. The van der Waals surface area contributed by atoms with Crippen LogP contribution in [0.1, 0.15) is 48.8 Å². The van der Waals surface area contributed by atoms with Crippen LogP contribution in [0, 0.1) is 6.92 Å². The van der Waals surface area contributed by atoms with Gasteiger partial charge in [0.15, 0.2) is 0 Å². The highest BCUT2D eigenvalue weighted by Crippen LogP contribution is 2.34. The van der Waals surface area contributed by atoms with E-state index in [0.29, 0.717) is 5.75 Å². The quantitative estimate of drug-likeness (QED) is 0.292. The van der Waals surface area contributed by atoms with E-state index < -0.39 is 28.5 Å². The van der Waals surface area contributed by atoms with Crippen LogP contribution in [0.25, 0.3) is 0 Å². The molecule has 0 bridgehead atoms. The molecule has 1 saturated carbocycles. The molecule has 0 unspecified atom stereocenters. The molecule has 3 aromatic carbocycles. The number of methoxy groups -OCH3 is 2. The Labute approximate surface area is 261 Å². The van der Waals surface area contributed by atoms with Crippen LogP contribution in [0.2, 0.25) is 0 Å². The van der Waals surface area contributed by atoms with Crippen molar-refractivity contribution in [1.82, 2.24) is 10.2 Å². The van der Waals surface area contributed by atoms with Gasteiger partial charge in [-0.25, -0.2) is 8.42 Å². The van der Waals surface area contributed by atoms with Crippen molar-refractivity contribution in [3.8, 4) is 11.5 Å². The van der Waals surface area contributed by atoms with Crippen LogP contribution < -0.4 is 19.1 Å². The summed E-state index contributed by atoms with van der Waals surface area (Å²) in [5.41, 5.74) is 3.00. The molecular formula is C34H43N3O6S. The lowest BCUT2D eigenvalue weighted by atomic mass is 9.94. The van der Waals surface area contributed by atoms with Crippen LogP contribution in [-0.2, 0) is 32.6 Å². The molecule has 0 heterocycles. The number of hydrogen-bond donors (Lipinski definition) is 1. The van der Waals surface area contributed by atoms with Crippen LogP contribution in [0.15, 0.2) is 72.8 Å². The fraction of sp³-hybridized carbons (Fsp3) is 0.412. The molecule has 2 amide bonds. The number of nitrogens with zero attached hydrogens (tertiary/aromatic N) is 2. The first-order valence-electron chi connectivity index (χ1n) is 15.0. The molecule has 1 atom stereocenters. The van der Waals surface area contributed by atoms with Crippen molar-refractivity contribution < 1.29 is 27.5 Å². The normalized spacial score (nSPS) is 14.4. The Morgan fingerprint density at radius 2 is 1.59 bits per heavy atom. The number of benzene rings is 3. The number of carbonyl (C=O) groups excluding carboxylic acids is 2. The summed E-state index contributed by atoms with van der Waals surface area (Å²) in [7, 11) is -1.01. The largest absolute Gasteiger partial charge is 0.497 e. The lowest BCUT2D eigenvalue weighted by Crippen LogP contribution is -2.55. The molecule has 1 fully saturated rings. The molecule has 0 aliphatic heterocycles. The molecule has 236 valence electrons. The van der Waals surface area contributed by atoms with E-state index in [2.05, 4.69) is 5.32 Å². The number of aryl methyl sites for hydroxylation is 1. The zero-order chi connectivity index (χ0) is 31.7. The molecule has 1 N–H and O–H groups in total. The van der Waals surface area contributed by atoms with Crippen LogP contribution in [-0.4, -0.2) is 64.2 Å². The minimum atomic E-state index is -3.94. The third-order valence-electron chi connectivity index (χ3n) is 8.03. The highest BCUT2D eigenvalue weighted by atomic mass is 32.2. The van der Waals surface area contributed by atoms with Crippen molar-refractivity contribution in [2.45, 2.75) is 64.1 Å². The highest BCUT2D eigenvalue weighted by Gasteiger charge is 2.34. The Balaban J connectivity index is 1.74. The van der Waals surface area contributed by atoms with Gasteiger partial charge in [0.1, 0.15) is 24.1 Å². The van der Waals surface area contributed by atoms with E-state index in [1.807, 2.05) is 61.5 Å². The summed E-state index contributed by atoms with van der Waals surface area (Å²) in [4.78, 5) is 29.9. The van der Waals surface area contributed by atoms with Gasteiger partial charge in [-0.1, -0.05) is 79.4 Å². The van der Waals surface area contributed by atoms with E-state index in [0.717, 1.165) is 59.4 Å². The molecule has 1 aliphatic rings. The average molecular weight is 622 g/mol. The maximum absolute atomic E-state index is 14.4. The van der Waals surface area contributed by atoms with E-state index in [4.69, 9.17) is 9.47 Å². The summed E-state index contributed by atoms with van der Waals surface area (Å²) >= 11 is 0. The smallest absolute Gasteiger partial charge is 0.244 e. The van der Waals surface area contributed by atoms with Gasteiger partial charge in [0, 0.05) is 25.1 Å². The van der Waals surface area contributed by atoms with E-state index in [-0.39, 0.29) is 36.4 Å². The molecule has 0 radical (unpaired) electrons. The maximum Gasteiger partial charge on any atom is 0.244 e. The molecule has 4 rings (SSSR count).